The van der Waals surface area contributed by atoms with E-state index in [0.717, 1.165) is 11.4 Å². The molecule has 0 aliphatic rings. The van der Waals surface area contributed by atoms with Crippen molar-refractivity contribution in [3.05, 3.63) is 59.5 Å². The van der Waals surface area contributed by atoms with E-state index in [2.05, 4.69) is 25.6 Å². The number of halogens is 1. The monoisotopic (exact) mass is 313 g/mol. The minimum Gasteiger partial charge on any atom is -0.368 e. The van der Waals surface area contributed by atoms with Crippen molar-refractivity contribution in [1.82, 2.24) is 19.7 Å². The number of aromatic nitrogens is 4. The van der Waals surface area contributed by atoms with E-state index in [1.165, 1.54) is 6.07 Å². The number of nitrogens with two attached hydrogens (primary N) is 1. The molecule has 0 unspecified atom stereocenters. The highest BCUT2D eigenvalue weighted by Gasteiger charge is 2.02. The summed E-state index contributed by atoms with van der Waals surface area (Å²) in [7, 11) is 0. The lowest BCUT2D eigenvalue weighted by Gasteiger charge is -2.04. The van der Waals surface area contributed by atoms with Crippen molar-refractivity contribution in [1.29, 1.82) is 0 Å². The molecule has 0 saturated heterocycles. The van der Waals surface area contributed by atoms with E-state index in [-0.39, 0.29) is 11.1 Å². The Morgan fingerprint density at radius 2 is 2.00 bits per heavy atom. The highest BCUT2D eigenvalue weighted by Crippen LogP contribution is 2.12. The van der Waals surface area contributed by atoms with Crippen LogP contribution in [0.25, 0.3) is 5.69 Å². The van der Waals surface area contributed by atoms with Crippen LogP contribution >= 0.6 is 11.6 Å². The fourth-order valence-electron chi connectivity index (χ4n) is 1.85. The van der Waals surface area contributed by atoms with E-state index in [1.54, 1.807) is 17.1 Å². The molecular formula is C14H12ClN7. The molecule has 0 bridgehead atoms. The van der Waals surface area contributed by atoms with Gasteiger partial charge in [-0.15, -0.1) is 0 Å². The van der Waals surface area contributed by atoms with Gasteiger partial charge in [-0.05, 0) is 18.2 Å². The average Bonchev–Trinajstić information content (AvgIpc) is 2.96. The number of nitrogens with one attached hydrogen (secondary N) is 1. The molecule has 7 nitrogen and oxygen atoms in total. The molecule has 0 aliphatic heterocycles. The SMILES string of the molecule is Nc1nc(Cl)cc(N/N=C/c2ccnn2-c2ccccc2)n1. The van der Waals surface area contributed by atoms with Gasteiger partial charge in [0, 0.05) is 6.07 Å². The first-order valence-corrected chi connectivity index (χ1v) is 6.79. The zero-order chi connectivity index (χ0) is 15.4. The number of hydrogen-bond donors (Lipinski definition) is 2. The first-order chi connectivity index (χ1) is 10.7. The Hall–Kier alpha value is -2.93. The third kappa shape index (κ3) is 3.21. The van der Waals surface area contributed by atoms with Gasteiger partial charge in [-0.2, -0.15) is 15.2 Å². The van der Waals surface area contributed by atoms with Gasteiger partial charge >= 0.3 is 0 Å². The van der Waals surface area contributed by atoms with Gasteiger partial charge in [0.25, 0.3) is 0 Å². The predicted molar refractivity (Wildman–Crippen MR) is 86.2 cm³/mol. The Morgan fingerprint density at radius 1 is 1.18 bits per heavy atom. The average molecular weight is 314 g/mol. The number of hydrogen-bond acceptors (Lipinski definition) is 6. The molecule has 3 rings (SSSR count). The summed E-state index contributed by atoms with van der Waals surface area (Å²) in [5, 5.41) is 8.63. The Kier molecular flexibility index (Phi) is 3.97. The molecule has 0 aliphatic carbocycles. The molecule has 2 aromatic heterocycles. The van der Waals surface area contributed by atoms with Gasteiger partial charge in [-0.25, -0.2) is 9.67 Å². The van der Waals surface area contributed by atoms with Crippen LogP contribution in [0.5, 0.6) is 0 Å². The van der Waals surface area contributed by atoms with Crippen molar-refractivity contribution in [3.8, 4) is 5.69 Å². The Balaban J connectivity index is 1.78. The normalized spacial score (nSPS) is 11.0. The summed E-state index contributed by atoms with van der Waals surface area (Å²) in [6.07, 6.45) is 3.33. The Bertz CT molecular complexity index is 778. The molecule has 8 heteroatoms. The fourth-order valence-corrected chi connectivity index (χ4v) is 2.04. The van der Waals surface area contributed by atoms with Gasteiger partial charge in [-0.3, -0.25) is 5.43 Å². The van der Waals surface area contributed by atoms with Gasteiger partial charge in [-0.1, -0.05) is 29.8 Å². The summed E-state index contributed by atoms with van der Waals surface area (Å²) in [5.74, 6) is 0.499. The predicted octanol–water partition coefficient (Wildman–Crippen LogP) is 2.34. The van der Waals surface area contributed by atoms with E-state index in [4.69, 9.17) is 17.3 Å². The third-order valence-electron chi connectivity index (χ3n) is 2.76. The van der Waals surface area contributed by atoms with Gasteiger partial charge in [0.05, 0.1) is 23.8 Å². The van der Waals surface area contributed by atoms with E-state index in [0.29, 0.717) is 5.82 Å². The second kappa shape index (κ2) is 6.23. The van der Waals surface area contributed by atoms with E-state index in [9.17, 15) is 0 Å². The molecule has 110 valence electrons. The Morgan fingerprint density at radius 3 is 2.77 bits per heavy atom. The minimum atomic E-state index is 0.0829. The number of hydrazone groups is 1. The summed E-state index contributed by atoms with van der Waals surface area (Å²) in [6.45, 7) is 0. The largest absolute Gasteiger partial charge is 0.368 e. The maximum atomic E-state index is 5.80. The molecule has 0 amide bonds. The van der Waals surface area contributed by atoms with Crippen LogP contribution in [0.4, 0.5) is 11.8 Å². The van der Waals surface area contributed by atoms with E-state index < -0.39 is 0 Å². The lowest BCUT2D eigenvalue weighted by atomic mass is 10.3. The smallest absolute Gasteiger partial charge is 0.223 e. The van der Waals surface area contributed by atoms with Crippen molar-refractivity contribution in [3.63, 3.8) is 0 Å². The summed E-state index contributed by atoms with van der Waals surface area (Å²) in [6, 6.07) is 13.1. The van der Waals surface area contributed by atoms with Crippen LogP contribution in [-0.2, 0) is 0 Å². The summed E-state index contributed by atoms with van der Waals surface area (Å²) >= 11 is 5.80. The van der Waals surface area contributed by atoms with Crippen LogP contribution in [0.2, 0.25) is 5.15 Å². The number of nitrogens with zero attached hydrogens (tertiary/aromatic N) is 5. The molecule has 22 heavy (non-hydrogen) atoms. The summed E-state index contributed by atoms with van der Waals surface area (Å²) in [5.41, 5.74) is 10.0. The zero-order valence-corrected chi connectivity index (χ0v) is 12.1. The number of anilines is 2. The van der Waals surface area contributed by atoms with Gasteiger partial charge in [0.1, 0.15) is 5.15 Å². The highest BCUT2D eigenvalue weighted by atomic mass is 35.5. The third-order valence-corrected chi connectivity index (χ3v) is 2.95. The van der Waals surface area contributed by atoms with Gasteiger partial charge in [0.2, 0.25) is 5.95 Å². The van der Waals surface area contributed by atoms with Crippen LogP contribution in [-0.4, -0.2) is 26.0 Å². The van der Waals surface area contributed by atoms with Gasteiger partial charge in [0.15, 0.2) is 5.82 Å². The van der Waals surface area contributed by atoms with E-state index in [1.807, 2.05) is 36.4 Å². The van der Waals surface area contributed by atoms with E-state index >= 15 is 0 Å². The van der Waals surface area contributed by atoms with Crippen LogP contribution in [0.1, 0.15) is 5.69 Å². The molecule has 2 heterocycles. The second-order valence-electron chi connectivity index (χ2n) is 4.31. The second-order valence-corrected chi connectivity index (χ2v) is 4.69. The number of rotatable bonds is 4. The topological polar surface area (TPSA) is 94.0 Å². The van der Waals surface area contributed by atoms with Crippen molar-refractivity contribution in [2.75, 3.05) is 11.2 Å². The standard InChI is InChI=1S/C14H12ClN7/c15-12-8-13(20-14(16)19-12)21-17-9-11-6-7-18-22(11)10-4-2-1-3-5-10/h1-9H,(H3,16,19,20,21)/b17-9+. The van der Waals surface area contributed by atoms with Crippen LogP contribution in [0, 0.1) is 0 Å². The van der Waals surface area contributed by atoms with Crippen LogP contribution in [0.15, 0.2) is 53.8 Å². The molecule has 3 N–H and O–H groups in total. The molecule has 0 spiro atoms. The lowest BCUT2D eigenvalue weighted by molar-refractivity contribution is 0.873. The lowest BCUT2D eigenvalue weighted by Crippen LogP contribution is -2.03. The first kappa shape index (κ1) is 14.0. The van der Waals surface area contributed by atoms with Crippen molar-refractivity contribution >= 4 is 29.6 Å². The number of para-hydroxylation sites is 1. The maximum Gasteiger partial charge on any atom is 0.223 e. The molecule has 3 aromatic rings. The molecule has 1 aromatic carbocycles. The number of nitrogen functional groups attached to an aromatic ring is 1. The van der Waals surface area contributed by atoms with Crippen molar-refractivity contribution in [2.45, 2.75) is 0 Å². The fraction of sp³-hybridized carbons (Fsp3) is 0. The van der Waals surface area contributed by atoms with Gasteiger partial charge < -0.3 is 5.73 Å². The number of benzene rings is 1. The molecular weight excluding hydrogens is 302 g/mol. The molecule has 0 atom stereocenters. The molecule has 0 fully saturated rings. The molecule has 0 saturated carbocycles. The first-order valence-electron chi connectivity index (χ1n) is 6.41. The van der Waals surface area contributed by atoms with Crippen molar-refractivity contribution < 1.29 is 0 Å². The highest BCUT2D eigenvalue weighted by molar-refractivity contribution is 6.29. The quantitative estimate of drug-likeness (QED) is 0.438. The maximum absolute atomic E-state index is 5.80. The minimum absolute atomic E-state index is 0.0829. The summed E-state index contributed by atoms with van der Waals surface area (Å²) in [4.78, 5) is 7.74. The van der Waals surface area contributed by atoms with Crippen LogP contribution < -0.4 is 11.2 Å². The molecule has 0 radical (unpaired) electrons. The summed E-state index contributed by atoms with van der Waals surface area (Å²) < 4.78 is 1.77. The Labute approximate surface area is 131 Å². The van der Waals surface area contributed by atoms with Crippen molar-refractivity contribution in [2.24, 2.45) is 5.10 Å². The zero-order valence-electron chi connectivity index (χ0n) is 11.4. The van der Waals surface area contributed by atoms with Crippen LogP contribution in [0.3, 0.4) is 0 Å².